The van der Waals surface area contributed by atoms with E-state index in [1.165, 1.54) is 7.11 Å². The van der Waals surface area contributed by atoms with E-state index in [9.17, 15) is 9.59 Å². The topological polar surface area (TPSA) is 67.4 Å². The van der Waals surface area contributed by atoms with Gasteiger partial charge in [-0.1, -0.05) is 30.3 Å². The number of carbonyl (C=O) groups excluding carboxylic acids is 2. The standard InChI is InChI=1S/C13H16N2O3/c1-18-12(16)11(9-5-3-2-4-6-9)15-13(17)14-10-7-8-10/h2-6,10-11H,7-8H2,1H3,(H2,14,15,17)/t11-/m1/s1. The highest BCUT2D eigenvalue weighted by Gasteiger charge is 2.27. The molecule has 2 amide bonds. The third kappa shape index (κ3) is 3.23. The van der Waals surface area contributed by atoms with Crippen molar-refractivity contribution in [1.82, 2.24) is 10.6 Å². The Kier molecular flexibility index (Phi) is 3.82. The molecule has 1 aliphatic rings. The van der Waals surface area contributed by atoms with Gasteiger partial charge in [0.15, 0.2) is 6.04 Å². The largest absolute Gasteiger partial charge is 0.467 e. The molecule has 2 rings (SSSR count). The minimum Gasteiger partial charge on any atom is -0.467 e. The van der Waals surface area contributed by atoms with E-state index in [0.717, 1.165) is 12.8 Å². The van der Waals surface area contributed by atoms with E-state index in [-0.39, 0.29) is 12.1 Å². The first-order valence-corrected chi connectivity index (χ1v) is 5.90. The van der Waals surface area contributed by atoms with Crippen molar-refractivity contribution in [3.63, 3.8) is 0 Å². The molecule has 0 spiro atoms. The second kappa shape index (κ2) is 5.53. The van der Waals surface area contributed by atoms with Gasteiger partial charge in [-0.3, -0.25) is 0 Å². The first kappa shape index (κ1) is 12.4. The molecule has 18 heavy (non-hydrogen) atoms. The zero-order valence-corrected chi connectivity index (χ0v) is 10.2. The third-order valence-electron chi connectivity index (χ3n) is 2.76. The van der Waals surface area contributed by atoms with Crippen molar-refractivity contribution < 1.29 is 14.3 Å². The highest BCUT2D eigenvalue weighted by molar-refractivity contribution is 5.84. The molecule has 1 aromatic rings. The average molecular weight is 248 g/mol. The Morgan fingerprint density at radius 3 is 2.50 bits per heavy atom. The highest BCUT2D eigenvalue weighted by Crippen LogP contribution is 2.19. The molecule has 0 bridgehead atoms. The van der Waals surface area contributed by atoms with E-state index >= 15 is 0 Å². The van der Waals surface area contributed by atoms with E-state index in [1.54, 1.807) is 12.1 Å². The summed E-state index contributed by atoms with van der Waals surface area (Å²) in [4.78, 5) is 23.4. The van der Waals surface area contributed by atoms with Crippen LogP contribution in [-0.2, 0) is 9.53 Å². The number of nitrogens with one attached hydrogen (secondary N) is 2. The monoisotopic (exact) mass is 248 g/mol. The Morgan fingerprint density at radius 1 is 1.28 bits per heavy atom. The van der Waals surface area contributed by atoms with Gasteiger partial charge in [-0.15, -0.1) is 0 Å². The van der Waals surface area contributed by atoms with Crippen molar-refractivity contribution in [1.29, 1.82) is 0 Å². The van der Waals surface area contributed by atoms with E-state index in [4.69, 9.17) is 4.74 Å². The van der Waals surface area contributed by atoms with Crippen molar-refractivity contribution in [3.05, 3.63) is 35.9 Å². The van der Waals surface area contributed by atoms with E-state index < -0.39 is 12.0 Å². The minimum atomic E-state index is -0.769. The van der Waals surface area contributed by atoms with Crippen LogP contribution in [0, 0.1) is 0 Å². The predicted octanol–water partition coefficient (Wildman–Crippen LogP) is 1.36. The quantitative estimate of drug-likeness (QED) is 0.791. The lowest BCUT2D eigenvalue weighted by Crippen LogP contribution is -2.42. The number of amides is 2. The fraction of sp³-hybridized carbons (Fsp3) is 0.385. The predicted molar refractivity (Wildman–Crippen MR) is 65.9 cm³/mol. The summed E-state index contributed by atoms with van der Waals surface area (Å²) >= 11 is 0. The van der Waals surface area contributed by atoms with Crippen LogP contribution >= 0.6 is 0 Å². The summed E-state index contributed by atoms with van der Waals surface area (Å²) in [6.45, 7) is 0. The maximum Gasteiger partial charge on any atom is 0.333 e. The molecule has 1 atom stereocenters. The van der Waals surface area contributed by atoms with Gasteiger partial charge in [-0.2, -0.15) is 0 Å². The smallest absolute Gasteiger partial charge is 0.333 e. The maximum absolute atomic E-state index is 11.7. The van der Waals surface area contributed by atoms with Gasteiger partial charge in [-0.25, -0.2) is 9.59 Å². The van der Waals surface area contributed by atoms with E-state index in [0.29, 0.717) is 5.56 Å². The summed E-state index contributed by atoms with van der Waals surface area (Å²) in [5, 5.41) is 5.41. The van der Waals surface area contributed by atoms with Crippen LogP contribution in [0.4, 0.5) is 4.79 Å². The van der Waals surface area contributed by atoms with Crippen molar-refractivity contribution in [2.45, 2.75) is 24.9 Å². The number of ether oxygens (including phenoxy) is 1. The Morgan fingerprint density at radius 2 is 1.94 bits per heavy atom. The van der Waals surface area contributed by atoms with Crippen molar-refractivity contribution in [2.75, 3.05) is 7.11 Å². The summed E-state index contributed by atoms with van der Waals surface area (Å²) in [7, 11) is 1.30. The Labute approximate surface area is 106 Å². The number of hydrogen-bond donors (Lipinski definition) is 2. The lowest BCUT2D eigenvalue weighted by Gasteiger charge is -2.17. The van der Waals surface area contributed by atoms with Gasteiger partial charge in [-0.05, 0) is 18.4 Å². The van der Waals surface area contributed by atoms with Crippen molar-refractivity contribution in [3.8, 4) is 0 Å². The molecule has 96 valence electrons. The Balaban J connectivity index is 2.05. The van der Waals surface area contributed by atoms with E-state index in [2.05, 4.69) is 10.6 Å². The second-order valence-electron chi connectivity index (χ2n) is 4.26. The molecule has 1 aromatic carbocycles. The van der Waals surface area contributed by atoms with Crippen molar-refractivity contribution in [2.24, 2.45) is 0 Å². The highest BCUT2D eigenvalue weighted by atomic mass is 16.5. The van der Waals surface area contributed by atoms with Gasteiger partial charge in [0, 0.05) is 6.04 Å². The van der Waals surface area contributed by atoms with Crippen LogP contribution in [0.1, 0.15) is 24.4 Å². The molecule has 5 heteroatoms. The SMILES string of the molecule is COC(=O)[C@H](NC(=O)NC1CC1)c1ccccc1. The van der Waals surface area contributed by atoms with Crippen LogP contribution in [0.5, 0.6) is 0 Å². The summed E-state index contributed by atoms with van der Waals surface area (Å²) in [5.41, 5.74) is 0.704. The molecule has 0 radical (unpaired) electrons. The molecular formula is C13H16N2O3. The number of hydrogen-bond acceptors (Lipinski definition) is 3. The zero-order valence-electron chi connectivity index (χ0n) is 10.2. The molecular weight excluding hydrogens is 232 g/mol. The number of esters is 1. The Hall–Kier alpha value is -2.04. The molecule has 5 nitrogen and oxygen atoms in total. The van der Waals surface area contributed by atoms with Crippen molar-refractivity contribution >= 4 is 12.0 Å². The van der Waals surface area contributed by atoms with Crippen LogP contribution in [0.15, 0.2) is 30.3 Å². The van der Waals surface area contributed by atoms with Crippen LogP contribution < -0.4 is 10.6 Å². The number of rotatable bonds is 4. The van der Waals surface area contributed by atoms with Crippen LogP contribution in [-0.4, -0.2) is 25.2 Å². The lowest BCUT2D eigenvalue weighted by atomic mass is 10.1. The molecule has 2 N–H and O–H groups in total. The summed E-state index contributed by atoms with van der Waals surface area (Å²) in [5.74, 6) is -0.479. The molecule has 1 saturated carbocycles. The summed E-state index contributed by atoms with van der Waals surface area (Å²) in [6, 6.07) is 8.17. The van der Waals surface area contributed by atoms with E-state index in [1.807, 2.05) is 18.2 Å². The number of methoxy groups -OCH3 is 1. The average Bonchev–Trinajstić information content (AvgIpc) is 3.20. The first-order valence-electron chi connectivity index (χ1n) is 5.90. The van der Waals surface area contributed by atoms with Gasteiger partial charge < -0.3 is 15.4 Å². The fourth-order valence-corrected chi connectivity index (χ4v) is 1.63. The minimum absolute atomic E-state index is 0.249. The summed E-state index contributed by atoms with van der Waals surface area (Å²) in [6.07, 6.45) is 2.00. The van der Waals surface area contributed by atoms with Gasteiger partial charge in [0.25, 0.3) is 0 Å². The first-order chi connectivity index (χ1) is 8.70. The second-order valence-corrected chi connectivity index (χ2v) is 4.26. The molecule has 0 unspecified atom stereocenters. The normalized spacial score (nSPS) is 15.6. The van der Waals surface area contributed by atoms with Crippen LogP contribution in [0.25, 0.3) is 0 Å². The number of urea groups is 1. The zero-order chi connectivity index (χ0) is 13.0. The summed E-state index contributed by atoms with van der Waals surface area (Å²) < 4.78 is 4.71. The molecule has 0 aliphatic heterocycles. The van der Waals surface area contributed by atoms with Crippen LogP contribution in [0.3, 0.4) is 0 Å². The number of carbonyl (C=O) groups is 2. The third-order valence-corrected chi connectivity index (χ3v) is 2.76. The Bertz CT molecular complexity index is 429. The fourth-order valence-electron chi connectivity index (χ4n) is 1.63. The molecule has 1 aliphatic carbocycles. The van der Waals surface area contributed by atoms with Gasteiger partial charge in [0.2, 0.25) is 0 Å². The number of benzene rings is 1. The molecule has 0 heterocycles. The van der Waals surface area contributed by atoms with Gasteiger partial charge in [0.1, 0.15) is 0 Å². The molecule has 0 saturated heterocycles. The molecule has 0 aromatic heterocycles. The van der Waals surface area contributed by atoms with Gasteiger partial charge >= 0.3 is 12.0 Å². The lowest BCUT2D eigenvalue weighted by molar-refractivity contribution is -0.143. The van der Waals surface area contributed by atoms with Gasteiger partial charge in [0.05, 0.1) is 7.11 Å². The maximum atomic E-state index is 11.7. The molecule has 1 fully saturated rings. The van der Waals surface area contributed by atoms with Crippen LogP contribution in [0.2, 0.25) is 0 Å².